The molecule has 0 fully saturated rings. The van der Waals surface area contributed by atoms with Crippen LogP contribution in [0.5, 0.6) is 11.5 Å². The molecular formula is C23H16F4N2O3S. The van der Waals surface area contributed by atoms with Crippen LogP contribution in [0, 0.1) is 23.3 Å². The fourth-order valence-corrected chi connectivity index (χ4v) is 4.49. The molecule has 0 spiro atoms. The summed E-state index contributed by atoms with van der Waals surface area (Å²) in [4.78, 5) is 13.2. The van der Waals surface area contributed by atoms with E-state index in [9.17, 15) is 22.4 Å². The van der Waals surface area contributed by atoms with Crippen LogP contribution in [-0.2, 0) is 0 Å². The first-order valence-corrected chi connectivity index (χ1v) is 10.4. The lowest BCUT2D eigenvalue weighted by Gasteiger charge is -2.23. The zero-order chi connectivity index (χ0) is 23.7. The first-order chi connectivity index (χ1) is 15.8. The minimum absolute atomic E-state index is 0.303. The lowest BCUT2D eigenvalue weighted by molar-refractivity contribution is 0.0742. The number of nitrogens with zero attached hydrogens (tertiary/aromatic N) is 2. The Hall–Kier alpha value is -3.53. The minimum atomic E-state index is -1.42. The molecule has 3 aromatic carbocycles. The molecule has 0 aromatic heterocycles. The molecule has 0 saturated heterocycles. The van der Waals surface area contributed by atoms with E-state index in [1.807, 2.05) is 0 Å². The summed E-state index contributed by atoms with van der Waals surface area (Å²) < 4.78 is 65.8. The van der Waals surface area contributed by atoms with Gasteiger partial charge in [0, 0.05) is 17.2 Å². The maximum absolute atomic E-state index is 14.4. The summed E-state index contributed by atoms with van der Waals surface area (Å²) >= 11 is 1.12. The van der Waals surface area contributed by atoms with Gasteiger partial charge in [0.1, 0.15) is 22.1 Å². The van der Waals surface area contributed by atoms with E-state index in [2.05, 4.69) is 5.10 Å². The highest BCUT2D eigenvalue weighted by Gasteiger charge is 2.38. The highest BCUT2D eigenvalue weighted by Crippen LogP contribution is 2.47. The van der Waals surface area contributed by atoms with Gasteiger partial charge >= 0.3 is 0 Å². The Labute approximate surface area is 190 Å². The maximum atomic E-state index is 14.4. The van der Waals surface area contributed by atoms with Crippen molar-refractivity contribution in [2.24, 2.45) is 5.10 Å². The summed E-state index contributed by atoms with van der Waals surface area (Å²) in [6.07, 6.45) is 0. The summed E-state index contributed by atoms with van der Waals surface area (Å²) in [7, 11) is 2.87. The van der Waals surface area contributed by atoms with Gasteiger partial charge in [0.25, 0.3) is 5.91 Å². The molecule has 1 aliphatic rings. The summed E-state index contributed by atoms with van der Waals surface area (Å²) in [6, 6.07) is 11.2. The third-order valence-corrected chi connectivity index (χ3v) is 6.10. The Balaban J connectivity index is 1.83. The molecule has 1 atom stereocenters. The molecule has 0 radical (unpaired) electrons. The number of benzene rings is 3. The number of para-hydroxylation sites is 1. The van der Waals surface area contributed by atoms with E-state index in [1.165, 1.54) is 38.5 Å². The summed E-state index contributed by atoms with van der Waals surface area (Å²) in [6.45, 7) is 0. The van der Waals surface area contributed by atoms with Crippen molar-refractivity contribution in [2.75, 3.05) is 14.2 Å². The van der Waals surface area contributed by atoms with Crippen molar-refractivity contribution in [1.29, 1.82) is 0 Å². The van der Waals surface area contributed by atoms with Crippen molar-refractivity contribution in [2.45, 2.75) is 5.37 Å². The molecule has 170 valence electrons. The second-order valence-electron chi connectivity index (χ2n) is 6.86. The Kier molecular flexibility index (Phi) is 6.28. The van der Waals surface area contributed by atoms with Gasteiger partial charge in [-0.05, 0) is 36.4 Å². The second-order valence-corrected chi connectivity index (χ2v) is 7.93. The molecular weight excluding hydrogens is 460 g/mol. The van der Waals surface area contributed by atoms with Crippen LogP contribution in [0.15, 0.2) is 59.7 Å². The van der Waals surface area contributed by atoms with E-state index in [4.69, 9.17) is 9.47 Å². The van der Waals surface area contributed by atoms with Crippen molar-refractivity contribution >= 4 is 22.7 Å². The van der Waals surface area contributed by atoms with Gasteiger partial charge in [-0.2, -0.15) is 5.10 Å². The summed E-state index contributed by atoms with van der Waals surface area (Å²) in [5.74, 6) is -4.76. The van der Waals surface area contributed by atoms with Gasteiger partial charge in [0.2, 0.25) is 0 Å². The van der Waals surface area contributed by atoms with Crippen molar-refractivity contribution < 1.29 is 31.8 Å². The van der Waals surface area contributed by atoms with E-state index in [-0.39, 0.29) is 0 Å². The molecule has 5 nitrogen and oxygen atoms in total. The number of thioether (sulfide) groups is 1. The van der Waals surface area contributed by atoms with Gasteiger partial charge in [-0.15, -0.1) is 0 Å². The lowest BCUT2D eigenvalue weighted by Crippen LogP contribution is -2.27. The number of hydrogen-bond acceptors (Lipinski definition) is 5. The molecule has 1 aliphatic heterocycles. The van der Waals surface area contributed by atoms with Crippen molar-refractivity contribution in [3.8, 4) is 11.5 Å². The van der Waals surface area contributed by atoms with Crippen molar-refractivity contribution in [1.82, 2.24) is 5.01 Å². The number of methoxy groups -OCH3 is 2. The standard InChI is InChI=1S/C23H16F4N2O3S/c1-31-19-5-3-4-14(20(19)32-2)23-29(22(30)15-10-17(26)18(27)11-16(15)25)28-21(33-23)12-6-8-13(24)9-7-12/h3-11,23H,1-2H3. The van der Waals surface area contributed by atoms with Crippen molar-refractivity contribution in [3.63, 3.8) is 0 Å². The highest BCUT2D eigenvalue weighted by atomic mass is 32.2. The third-order valence-electron chi connectivity index (χ3n) is 4.88. The number of hydrazone groups is 1. The Morgan fingerprint density at radius 1 is 0.939 bits per heavy atom. The first-order valence-electron chi connectivity index (χ1n) is 9.54. The third kappa shape index (κ3) is 4.25. The number of halogens is 4. The summed E-state index contributed by atoms with van der Waals surface area (Å²) in [5.41, 5.74) is 0.291. The zero-order valence-corrected chi connectivity index (χ0v) is 18.1. The van der Waals surface area contributed by atoms with Crippen LogP contribution in [0.4, 0.5) is 17.6 Å². The SMILES string of the molecule is COc1cccc(C2SC(c3ccc(F)cc3)=NN2C(=O)c2cc(F)c(F)cc2F)c1OC. The molecule has 33 heavy (non-hydrogen) atoms. The van der Waals surface area contributed by atoms with Gasteiger partial charge in [0.05, 0.1) is 19.8 Å². The number of amides is 1. The predicted molar refractivity (Wildman–Crippen MR) is 115 cm³/mol. The molecule has 1 heterocycles. The molecule has 0 N–H and O–H groups in total. The van der Waals surface area contributed by atoms with Crippen LogP contribution in [0.2, 0.25) is 0 Å². The van der Waals surface area contributed by atoms with E-state index in [0.717, 1.165) is 16.8 Å². The van der Waals surface area contributed by atoms with E-state index >= 15 is 0 Å². The van der Waals surface area contributed by atoms with Gasteiger partial charge < -0.3 is 9.47 Å². The summed E-state index contributed by atoms with van der Waals surface area (Å²) in [5, 5.41) is 4.73. The molecule has 3 aromatic rings. The molecule has 10 heteroatoms. The van der Waals surface area contributed by atoms with E-state index < -0.39 is 40.1 Å². The van der Waals surface area contributed by atoms with Gasteiger partial charge in [-0.1, -0.05) is 23.9 Å². The first kappa shape index (κ1) is 22.7. The van der Waals surface area contributed by atoms with Gasteiger partial charge in [0.15, 0.2) is 23.1 Å². The normalized spacial score (nSPS) is 15.4. The van der Waals surface area contributed by atoms with Crippen LogP contribution in [-0.4, -0.2) is 30.2 Å². The van der Waals surface area contributed by atoms with Crippen LogP contribution in [0.1, 0.15) is 26.9 Å². The van der Waals surface area contributed by atoms with E-state index in [0.29, 0.717) is 39.8 Å². The van der Waals surface area contributed by atoms with Crippen LogP contribution < -0.4 is 9.47 Å². The predicted octanol–water partition coefficient (Wildman–Crippen LogP) is 5.51. The molecule has 0 saturated carbocycles. The lowest BCUT2D eigenvalue weighted by atomic mass is 10.1. The Morgan fingerprint density at radius 2 is 1.64 bits per heavy atom. The number of carbonyl (C=O) groups is 1. The second kappa shape index (κ2) is 9.14. The Morgan fingerprint density at radius 3 is 2.30 bits per heavy atom. The largest absolute Gasteiger partial charge is 0.493 e. The number of hydrogen-bond donors (Lipinski definition) is 0. The molecule has 0 aliphatic carbocycles. The number of carbonyl (C=O) groups excluding carboxylic acids is 1. The monoisotopic (exact) mass is 476 g/mol. The molecule has 1 unspecified atom stereocenters. The fourth-order valence-electron chi connectivity index (χ4n) is 3.31. The number of rotatable bonds is 5. The fraction of sp³-hybridized carbons (Fsp3) is 0.130. The molecule has 0 bridgehead atoms. The van der Waals surface area contributed by atoms with Crippen LogP contribution in [0.25, 0.3) is 0 Å². The van der Waals surface area contributed by atoms with Gasteiger partial charge in [-0.25, -0.2) is 22.6 Å². The van der Waals surface area contributed by atoms with Crippen LogP contribution >= 0.6 is 11.8 Å². The average molecular weight is 476 g/mol. The average Bonchev–Trinajstić information content (AvgIpc) is 3.26. The quantitative estimate of drug-likeness (QED) is 0.360. The topological polar surface area (TPSA) is 51.1 Å². The van der Waals surface area contributed by atoms with Gasteiger partial charge in [-0.3, -0.25) is 4.79 Å². The number of ether oxygens (including phenoxy) is 2. The van der Waals surface area contributed by atoms with E-state index in [1.54, 1.807) is 18.2 Å². The molecule has 4 rings (SSSR count). The minimum Gasteiger partial charge on any atom is -0.493 e. The van der Waals surface area contributed by atoms with Crippen LogP contribution in [0.3, 0.4) is 0 Å². The smallest absolute Gasteiger partial charge is 0.278 e. The van der Waals surface area contributed by atoms with Crippen molar-refractivity contribution in [3.05, 3.63) is 94.6 Å². The Bertz CT molecular complexity index is 1250. The zero-order valence-electron chi connectivity index (χ0n) is 17.3. The maximum Gasteiger partial charge on any atom is 0.278 e. The highest BCUT2D eigenvalue weighted by molar-refractivity contribution is 8.14. The molecule has 1 amide bonds.